The van der Waals surface area contributed by atoms with Crippen molar-refractivity contribution in [1.82, 2.24) is 5.32 Å². The summed E-state index contributed by atoms with van der Waals surface area (Å²) in [6.07, 6.45) is 0.855. The van der Waals surface area contributed by atoms with Crippen LogP contribution in [-0.2, 0) is 4.79 Å². The number of carbonyl (C=O) groups excluding carboxylic acids is 1. The fraction of sp³-hybridized carbons (Fsp3) is 0.217. The number of hydrogen-bond acceptors (Lipinski definition) is 4. The van der Waals surface area contributed by atoms with Crippen LogP contribution < -0.4 is 10.6 Å². The molecule has 3 aromatic rings. The Bertz CT molecular complexity index is 1040. The summed E-state index contributed by atoms with van der Waals surface area (Å²) in [5, 5.41) is 9.54. The van der Waals surface area contributed by atoms with Crippen LogP contribution in [0.3, 0.4) is 0 Å². The first-order valence-electron chi connectivity index (χ1n) is 9.50. The highest BCUT2D eigenvalue weighted by molar-refractivity contribution is 8.14. The van der Waals surface area contributed by atoms with Gasteiger partial charge in [0.15, 0.2) is 5.17 Å². The molecule has 0 fully saturated rings. The first-order chi connectivity index (χ1) is 13.6. The maximum absolute atomic E-state index is 12.5. The molecule has 5 heteroatoms. The van der Waals surface area contributed by atoms with Crippen LogP contribution in [0.4, 0.5) is 11.4 Å². The summed E-state index contributed by atoms with van der Waals surface area (Å²) in [5.74, 6) is 0.339. The molecule has 4 nitrogen and oxygen atoms in total. The number of carbonyl (C=O) groups is 1. The van der Waals surface area contributed by atoms with E-state index in [9.17, 15) is 4.79 Å². The molecule has 1 aliphatic rings. The lowest BCUT2D eigenvalue weighted by Gasteiger charge is -2.20. The van der Waals surface area contributed by atoms with E-state index in [-0.39, 0.29) is 11.9 Å². The Balaban J connectivity index is 1.41. The standard InChI is InChI=1S/C23H23N3OS/c1-3-18(16-12-10-15(2)11-13-16)24-21(27)14-28-23-25-19-8-4-6-17-7-5-9-20(26-23)22(17)19/h4-13,18H,3,14H2,1-2H3,(H,24,27)(H,25,26)/t18-/m1/s1. The van der Waals surface area contributed by atoms with Gasteiger partial charge in [-0.15, -0.1) is 0 Å². The van der Waals surface area contributed by atoms with Crippen LogP contribution in [-0.4, -0.2) is 16.8 Å². The second-order valence-electron chi connectivity index (χ2n) is 6.95. The van der Waals surface area contributed by atoms with Gasteiger partial charge in [-0.1, -0.05) is 72.8 Å². The smallest absolute Gasteiger partial charge is 0.230 e. The zero-order chi connectivity index (χ0) is 19.5. The van der Waals surface area contributed by atoms with E-state index >= 15 is 0 Å². The van der Waals surface area contributed by atoms with E-state index in [4.69, 9.17) is 4.99 Å². The van der Waals surface area contributed by atoms with E-state index < -0.39 is 0 Å². The second-order valence-corrected chi connectivity index (χ2v) is 7.91. The third-order valence-electron chi connectivity index (χ3n) is 4.91. The molecule has 0 saturated carbocycles. The molecule has 3 aromatic carbocycles. The number of rotatable bonds is 5. The lowest BCUT2D eigenvalue weighted by Crippen LogP contribution is -2.30. The third kappa shape index (κ3) is 3.90. The minimum Gasteiger partial charge on any atom is -0.349 e. The van der Waals surface area contributed by atoms with Crippen molar-refractivity contribution in [3.8, 4) is 0 Å². The van der Waals surface area contributed by atoms with E-state index in [1.54, 1.807) is 0 Å². The minimum absolute atomic E-state index is 0.0130. The van der Waals surface area contributed by atoms with Crippen LogP contribution in [0.1, 0.15) is 30.5 Å². The number of thioether (sulfide) groups is 1. The van der Waals surface area contributed by atoms with E-state index in [1.807, 2.05) is 24.3 Å². The van der Waals surface area contributed by atoms with Crippen molar-refractivity contribution in [2.24, 2.45) is 4.99 Å². The summed E-state index contributed by atoms with van der Waals surface area (Å²) in [4.78, 5) is 17.2. The lowest BCUT2D eigenvalue weighted by atomic mass is 10.0. The number of benzene rings is 3. The average molecular weight is 390 g/mol. The molecule has 1 aliphatic heterocycles. The summed E-state index contributed by atoms with van der Waals surface area (Å²) in [6.45, 7) is 4.15. The van der Waals surface area contributed by atoms with Crippen LogP contribution in [0.5, 0.6) is 0 Å². The molecule has 0 spiro atoms. The zero-order valence-electron chi connectivity index (χ0n) is 16.0. The Kier molecular flexibility index (Phi) is 5.35. The van der Waals surface area contributed by atoms with Gasteiger partial charge in [-0.2, -0.15) is 0 Å². The maximum Gasteiger partial charge on any atom is 0.230 e. The van der Waals surface area contributed by atoms with Gasteiger partial charge in [-0.25, -0.2) is 4.99 Å². The van der Waals surface area contributed by atoms with Crippen LogP contribution in [0, 0.1) is 6.92 Å². The summed E-state index contributed by atoms with van der Waals surface area (Å²) < 4.78 is 0. The van der Waals surface area contributed by atoms with Gasteiger partial charge in [0.05, 0.1) is 23.2 Å². The van der Waals surface area contributed by atoms with Crippen molar-refractivity contribution in [1.29, 1.82) is 0 Å². The van der Waals surface area contributed by atoms with E-state index in [0.29, 0.717) is 5.75 Å². The second kappa shape index (κ2) is 8.07. The molecule has 0 aromatic heterocycles. The molecule has 28 heavy (non-hydrogen) atoms. The van der Waals surface area contributed by atoms with Crippen molar-refractivity contribution in [2.45, 2.75) is 26.3 Å². The molecule has 1 heterocycles. The minimum atomic E-state index is 0.0130. The molecule has 0 saturated heterocycles. The summed E-state index contributed by atoms with van der Waals surface area (Å²) >= 11 is 1.43. The van der Waals surface area contributed by atoms with Gasteiger partial charge in [0.2, 0.25) is 5.91 Å². The number of hydrogen-bond donors (Lipinski definition) is 2. The Labute approximate surface area is 169 Å². The van der Waals surface area contributed by atoms with Gasteiger partial charge in [-0.05, 0) is 36.4 Å². The number of aliphatic imine (C=N–C) groups is 1. The first-order valence-corrected chi connectivity index (χ1v) is 10.5. The van der Waals surface area contributed by atoms with Crippen molar-refractivity contribution < 1.29 is 4.79 Å². The van der Waals surface area contributed by atoms with Gasteiger partial charge < -0.3 is 10.6 Å². The first kappa shape index (κ1) is 18.6. The molecule has 0 bridgehead atoms. The Morgan fingerprint density at radius 2 is 1.86 bits per heavy atom. The van der Waals surface area contributed by atoms with Crippen LogP contribution in [0.25, 0.3) is 10.8 Å². The Morgan fingerprint density at radius 3 is 2.61 bits per heavy atom. The third-order valence-corrected chi connectivity index (χ3v) is 5.78. The lowest BCUT2D eigenvalue weighted by molar-refractivity contribution is -0.119. The largest absolute Gasteiger partial charge is 0.349 e. The van der Waals surface area contributed by atoms with Crippen molar-refractivity contribution in [2.75, 3.05) is 11.1 Å². The molecule has 0 radical (unpaired) electrons. The Morgan fingerprint density at radius 1 is 1.11 bits per heavy atom. The molecule has 0 unspecified atom stereocenters. The highest BCUT2D eigenvalue weighted by atomic mass is 32.2. The predicted octanol–water partition coefficient (Wildman–Crippen LogP) is 5.56. The van der Waals surface area contributed by atoms with Crippen molar-refractivity contribution >= 4 is 45.0 Å². The molecule has 1 atom stereocenters. The van der Waals surface area contributed by atoms with E-state index in [1.165, 1.54) is 17.3 Å². The molecule has 142 valence electrons. The van der Waals surface area contributed by atoms with Crippen LogP contribution in [0.2, 0.25) is 0 Å². The topological polar surface area (TPSA) is 53.5 Å². The summed E-state index contributed by atoms with van der Waals surface area (Å²) in [6, 6.07) is 20.6. The van der Waals surface area contributed by atoms with Gasteiger partial charge >= 0.3 is 0 Å². The average Bonchev–Trinajstić information content (AvgIpc) is 2.72. The Hall–Kier alpha value is -2.79. The summed E-state index contributed by atoms with van der Waals surface area (Å²) in [7, 11) is 0. The highest BCUT2D eigenvalue weighted by Crippen LogP contribution is 2.36. The van der Waals surface area contributed by atoms with E-state index in [0.717, 1.165) is 39.3 Å². The molecule has 0 aliphatic carbocycles. The summed E-state index contributed by atoms with van der Waals surface area (Å²) in [5.41, 5.74) is 4.34. The van der Waals surface area contributed by atoms with Gasteiger partial charge in [-0.3, -0.25) is 4.79 Å². The van der Waals surface area contributed by atoms with Gasteiger partial charge in [0.25, 0.3) is 0 Å². The quantitative estimate of drug-likeness (QED) is 0.600. The number of nitrogens with one attached hydrogen (secondary N) is 2. The molecular weight excluding hydrogens is 366 g/mol. The number of nitrogens with zero attached hydrogens (tertiary/aromatic N) is 1. The predicted molar refractivity (Wildman–Crippen MR) is 119 cm³/mol. The number of anilines is 1. The van der Waals surface area contributed by atoms with Gasteiger partial charge in [0.1, 0.15) is 0 Å². The number of amidine groups is 1. The number of aryl methyl sites for hydroxylation is 1. The van der Waals surface area contributed by atoms with Crippen LogP contribution in [0.15, 0.2) is 65.7 Å². The van der Waals surface area contributed by atoms with Crippen LogP contribution >= 0.6 is 11.8 Å². The van der Waals surface area contributed by atoms with Crippen molar-refractivity contribution in [3.05, 3.63) is 71.8 Å². The SMILES string of the molecule is CC[C@@H](NC(=O)CSC1=Nc2cccc3cccc(c23)N1)c1ccc(C)cc1. The van der Waals surface area contributed by atoms with Gasteiger partial charge in [0, 0.05) is 5.39 Å². The molecule has 1 amide bonds. The number of amides is 1. The fourth-order valence-corrected chi connectivity index (χ4v) is 4.13. The van der Waals surface area contributed by atoms with E-state index in [2.05, 4.69) is 60.9 Å². The monoisotopic (exact) mass is 389 g/mol. The van der Waals surface area contributed by atoms with Crippen molar-refractivity contribution in [3.63, 3.8) is 0 Å². The fourth-order valence-electron chi connectivity index (χ4n) is 3.43. The molecule has 4 rings (SSSR count). The molecule has 2 N–H and O–H groups in total. The highest BCUT2D eigenvalue weighted by Gasteiger charge is 2.17. The zero-order valence-corrected chi connectivity index (χ0v) is 16.8. The molecular formula is C23H23N3OS. The maximum atomic E-state index is 12.5. The normalized spacial score (nSPS) is 13.6.